The largest absolute Gasteiger partial charge is 0.465 e. The highest BCUT2D eigenvalue weighted by atomic mass is 32.2. The van der Waals surface area contributed by atoms with E-state index in [4.69, 9.17) is 9.72 Å². The molecular formula is C21H21N5O3S. The number of carbonyl (C=O) groups excluding carboxylic acids is 2. The highest BCUT2D eigenvalue weighted by molar-refractivity contribution is 8.00. The van der Waals surface area contributed by atoms with Crippen LogP contribution >= 0.6 is 11.8 Å². The van der Waals surface area contributed by atoms with Gasteiger partial charge in [0, 0.05) is 11.1 Å². The SMILES string of the molecule is COC(=O)c1c(C)[nH]c(C(=O)[C@@H](C)Sc2nc3ccccc3c3nc(C)nn23)c1C. The van der Waals surface area contributed by atoms with E-state index in [2.05, 4.69) is 15.1 Å². The molecule has 0 unspecified atom stereocenters. The van der Waals surface area contributed by atoms with Crippen LogP contribution in [0.4, 0.5) is 0 Å². The third-order valence-electron chi connectivity index (χ3n) is 4.98. The third kappa shape index (κ3) is 3.24. The molecular weight excluding hydrogens is 402 g/mol. The van der Waals surface area contributed by atoms with Crippen LogP contribution in [0.25, 0.3) is 16.6 Å². The van der Waals surface area contributed by atoms with Crippen molar-refractivity contribution in [3.63, 3.8) is 0 Å². The molecule has 0 radical (unpaired) electrons. The summed E-state index contributed by atoms with van der Waals surface area (Å²) in [7, 11) is 1.32. The maximum Gasteiger partial charge on any atom is 0.339 e. The maximum absolute atomic E-state index is 13.2. The van der Waals surface area contributed by atoms with Crippen LogP contribution < -0.4 is 0 Å². The van der Waals surface area contributed by atoms with Gasteiger partial charge < -0.3 is 9.72 Å². The number of benzene rings is 1. The summed E-state index contributed by atoms with van der Waals surface area (Å²) in [6.45, 7) is 7.13. The summed E-state index contributed by atoms with van der Waals surface area (Å²) in [6, 6.07) is 7.71. The van der Waals surface area contributed by atoms with E-state index in [0.717, 1.165) is 10.9 Å². The topological polar surface area (TPSA) is 102 Å². The molecule has 0 saturated heterocycles. The lowest BCUT2D eigenvalue weighted by atomic mass is 10.1. The highest BCUT2D eigenvalue weighted by Crippen LogP contribution is 2.29. The number of methoxy groups -OCH3 is 1. The molecule has 0 aliphatic rings. The summed E-state index contributed by atoms with van der Waals surface area (Å²) in [5, 5.41) is 5.48. The minimum atomic E-state index is -0.464. The number of para-hydroxylation sites is 1. The van der Waals surface area contributed by atoms with Crippen molar-refractivity contribution >= 4 is 40.1 Å². The van der Waals surface area contributed by atoms with Crippen LogP contribution in [0.5, 0.6) is 0 Å². The number of ketones is 1. The molecule has 0 amide bonds. The average Bonchev–Trinajstić information content (AvgIpc) is 3.26. The Morgan fingerprint density at radius 2 is 1.90 bits per heavy atom. The highest BCUT2D eigenvalue weighted by Gasteiger charge is 2.27. The first-order valence-electron chi connectivity index (χ1n) is 9.42. The van der Waals surface area contributed by atoms with Crippen molar-refractivity contribution in [2.75, 3.05) is 7.11 Å². The number of aromatic amines is 1. The Hall–Kier alpha value is -3.20. The van der Waals surface area contributed by atoms with Crippen molar-refractivity contribution in [2.24, 2.45) is 0 Å². The molecule has 30 heavy (non-hydrogen) atoms. The first kappa shape index (κ1) is 20.1. The van der Waals surface area contributed by atoms with Crippen molar-refractivity contribution in [2.45, 2.75) is 38.1 Å². The molecule has 9 heteroatoms. The molecule has 1 N–H and O–H groups in total. The number of esters is 1. The van der Waals surface area contributed by atoms with Crippen LogP contribution in [0.1, 0.15) is 44.9 Å². The van der Waals surface area contributed by atoms with Crippen LogP contribution in [0.3, 0.4) is 0 Å². The Morgan fingerprint density at radius 3 is 2.63 bits per heavy atom. The number of aryl methyl sites for hydroxylation is 2. The molecule has 0 fully saturated rings. The van der Waals surface area contributed by atoms with Gasteiger partial charge in [0.1, 0.15) is 5.82 Å². The van der Waals surface area contributed by atoms with Gasteiger partial charge >= 0.3 is 5.97 Å². The van der Waals surface area contributed by atoms with E-state index in [1.165, 1.54) is 18.9 Å². The van der Waals surface area contributed by atoms with Crippen molar-refractivity contribution in [1.29, 1.82) is 0 Å². The Kier molecular flexibility index (Phi) is 5.07. The molecule has 8 nitrogen and oxygen atoms in total. The molecule has 3 heterocycles. The van der Waals surface area contributed by atoms with Gasteiger partial charge in [0.15, 0.2) is 16.6 Å². The number of nitrogens with zero attached hydrogens (tertiary/aromatic N) is 4. The number of Topliss-reactive ketones (excluding diaryl/α,β-unsaturated/α-hetero) is 1. The summed E-state index contributed by atoms with van der Waals surface area (Å²) in [5.74, 6) is 0.0415. The monoisotopic (exact) mass is 423 g/mol. The summed E-state index contributed by atoms with van der Waals surface area (Å²) in [4.78, 5) is 37.5. The second-order valence-corrected chi connectivity index (χ2v) is 8.35. The molecule has 0 spiro atoms. The zero-order chi connectivity index (χ0) is 21.6. The van der Waals surface area contributed by atoms with Crippen LogP contribution in [0, 0.1) is 20.8 Å². The van der Waals surface area contributed by atoms with Gasteiger partial charge in [0.05, 0.1) is 29.1 Å². The number of H-pyrrole nitrogens is 1. The normalized spacial score (nSPS) is 12.4. The van der Waals surface area contributed by atoms with E-state index >= 15 is 0 Å². The van der Waals surface area contributed by atoms with Gasteiger partial charge in [-0.1, -0.05) is 23.9 Å². The molecule has 0 aliphatic heterocycles. The molecule has 3 aromatic heterocycles. The molecule has 1 atom stereocenters. The number of aromatic nitrogens is 5. The van der Waals surface area contributed by atoms with Gasteiger partial charge in [-0.25, -0.2) is 14.8 Å². The number of rotatable bonds is 5. The van der Waals surface area contributed by atoms with Crippen molar-refractivity contribution in [3.05, 3.63) is 52.6 Å². The molecule has 154 valence electrons. The second kappa shape index (κ2) is 7.56. The summed E-state index contributed by atoms with van der Waals surface area (Å²) in [6.07, 6.45) is 0. The lowest BCUT2D eigenvalue weighted by Crippen LogP contribution is -2.16. The van der Waals surface area contributed by atoms with Gasteiger partial charge in [-0.15, -0.1) is 5.10 Å². The Labute approximate surface area is 177 Å². The minimum absolute atomic E-state index is 0.129. The number of nitrogens with one attached hydrogen (secondary N) is 1. The molecule has 0 aliphatic carbocycles. The smallest absolute Gasteiger partial charge is 0.339 e. The van der Waals surface area contributed by atoms with Crippen molar-refractivity contribution in [1.82, 2.24) is 24.6 Å². The molecule has 0 bridgehead atoms. The van der Waals surface area contributed by atoms with Crippen LogP contribution in [-0.4, -0.2) is 48.7 Å². The van der Waals surface area contributed by atoms with Gasteiger partial charge in [0.2, 0.25) is 0 Å². The van der Waals surface area contributed by atoms with Gasteiger partial charge in [-0.2, -0.15) is 4.52 Å². The fourth-order valence-corrected chi connectivity index (χ4v) is 4.45. The van der Waals surface area contributed by atoms with Gasteiger partial charge in [-0.05, 0) is 45.4 Å². The summed E-state index contributed by atoms with van der Waals surface area (Å²) >= 11 is 1.31. The third-order valence-corrected chi connectivity index (χ3v) is 6.02. The van der Waals surface area contributed by atoms with Crippen LogP contribution in [0.2, 0.25) is 0 Å². The standard InChI is InChI=1S/C21H21N5O3S/c1-10-16(20(28)29-5)11(2)22-17(10)18(27)12(3)30-21-24-15-9-7-6-8-14(15)19-23-13(4)25-26(19)21/h6-9,12,22H,1-5H3/t12-/m1/s1. The van der Waals surface area contributed by atoms with E-state index in [1.54, 1.807) is 18.4 Å². The molecule has 4 rings (SSSR count). The number of ether oxygens (including phenoxy) is 1. The maximum atomic E-state index is 13.2. The molecule has 4 aromatic rings. The van der Waals surface area contributed by atoms with Gasteiger partial charge in [0.25, 0.3) is 0 Å². The number of carbonyl (C=O) groups is 2. The van der Waals surface area contributed by atoms with Crippen LogP contribution in [0.15, 0.2) is 29.4 Å². The predicted octanol–water partition coefficient (Wildman–Crippen LogP) is 3.68. The first-order valence-corrected chi connectivity index (χ1v) is 10.3. The fourth-order valence-electron chi connectivity index (χ4n) is 3.53. The predicted molar refractivity (Wildman–Crippen MR) is 114 cm³/mol. The Morgan fingerprint density at radius 1 is 1.17 bits per heavy atom. The number of fused-ring (bicyclic) bond motifs is 3. The van der Waals surface area contributed by atoms with E-state index in [-0.39, 0.29) is 5.78 Å². The van der Waals surface area contributed by atoms with Crippen LogP contribution in [-0.2, 0) is 4.74 Å². The Bertz CT molecular complexity index is 1310. The van der Waals surface area contributed by atoms with E-state index in [9.17, 15) is 9.59 Å². The summed E-state index contributed by atoms with van der Waals surface area (Å²) in [5.41, 5.74) is 3.50. The minimum Gasteiger partial charge on any atom is -0.465 e. The zero-order valence-corrected chi connectivity index (χ0v) is 18.1. The number of hydrogen-bond acceptors (Lipinski definition) is 7. The van der Waals surface area contributed by atoms with E-state index in [1.807, 2.05) is 38.1 Å². The van der Waals surface area contributed by atoms with Crippen molar-refractivity contribution in [3.8, 4) is 0 Å². The van der Waals surface area contributed by atoms with Gasteiger partial charge in [-0.3, -0.25) is 4.79 Å². The average molecular weight is 423 g/mol. The molecule has 1 aromatic carbocycles. The number of hydrogen-bond donors (Lipinski definition) is 1. The fraction of sp³-hybridized carbons (Fsp3) is 0.286. The second-order valence-electron chi connectivity index (χ2n) is 7.05. The van der Waals surface area contributed by atoms with E-state index in [0.29, 0.717) is 39.1 Å². The molecule has 0 saturated carbocycles. The Balaban J connectivity index is 1.72. The first-order chi connectivity index (χ1) is 14.3. The van der Waals surface area contributed by atoms with Crippen molar-refractivity contribution < 1.29 is 14.3 Å². The lowest BCUT2D eigenvalue weighted by Gasteiger charge is -2.11. The number of thioether (sulfide) groups is 1. The summed E-state index contributed by atoms with van der Waals surface area (Å²) < 4.78 is 6.51. The quantitative estimate of drug-likeness (QED) is 0.226. The lowest BCUT2D eigenvalue weighted by molar-refractivity contribution is 0.0599. The zero-order valence-electron chi connectivity index (χ0n) is 17.3. The van der Waals surface area contributed by atoms with E-state index < -0.39 is 11.2 Å².